The predicted octanol–water partition coefficient (Wildman–Crippen LogP) is 3.83. The Morgan fingerprint density at radius 1 is 1.36 bits per heavy atom. The molecule has 0 saturated carbocycles. The second-order valence-corrected chi connectivity index (χ2v) is 4.26. The summed E-state index contributed by atoms with van der Waals surface area (Å²) in [5, 5.41) is 0. The Balaban J connectivity index is 0.00000169. The zero-order chi connectivity index (χ0) is 9.52. The first-order chi connectivity index (χ1) is 6.33. The van der Waals surface area contributed by atoms with Crippen LogP contribution in [0.3, 0.4) is 0 Å². The standard InChI is InChI=1S/C13H22.Li.H/c1-3-4-5-8-12(2)11-13-9-6-7-10-13;;/h6-7,9,12H,3-5,8,10-11H2,1-2H3;;. The maximum absolute atomic E-state index is 2.38. The summed E-state index contributed by atoms with van der Waals surface area (Å²) in [5.74, 6) is 0.887. The molecule has 1 atom stereocenters. The molecule has 1 aliphatic carbocycles. The summed E-state index contributed by atoms with van der Waals surface area (Å²) in [6.07, 6.45) is 14.8. The number of hydrogen-bond acceptors (Lipinski definition) is 0. The molecule has 0 heterocycles. The second-order valence-electron chi connectivity index (χ2n) is 4.26. The van der Waals surface area contributed by atoms with Crippen LogP contribution in [0, 0.1) is 5.92 Å². The molecule has 1 aliphatic rings. The molecular weight excluding hydrogens is 163 g/mol. The van der Waals surface area contributed by atoms with E-state index in [4.69, 9.17) is 0 Å². The predicted molar refractivity (Wildman–Crippen MR) is 66.9 cm³/mol. The molecule has 14 heavy (non-hydrogen) atoms. The monoisotopic (exact) mass is 186 g/mol. The van der Waals surface area contributed by atoms with E-state index in [0.717, 1.165) is 5.92 Å². The van der Waals surface area contributed by atoms with Crippen LogP contribution in [0.5, 0.6) is 0 Å². The summed E-state index contributed by atoms with van der Waals surface area (Å²) < 4.78 is 0. The topological polar surface area (TPSA) is 0 Å². The van der Waals surface area contributed by atoms with Crippen molar-refractivity contribution in [2.24, 2.45) is 5.92 Å². The average molecular weight is 186 g/mol. The van der Waals surface area contributed by atoms with Crippen molar-refractivity contribution in [3.05, 3.63) is 23.8 Å². The van der Waals surface area contributed by atoms with Crippen LogP contribution in [-0.4, -0.2) is 18.9 Å². The second kappa shape index (κ2) is 8.39. The van der Waals surface area contributed by atoms with Crippen LogP contribution in [0.2, 0.25) is 0 Å². The van der Waals surface area contributed by atoms with Crippen LogP contribution >= 0.6 is 0 Å². The van der Waals surface area contributed by atoms with E-state index in [-0.39, 0.29) is 18.9 Å². The molecule has 1 heteroatoms. The van der Waals surface area contributed by atoms with E-state index >= 15 is 0 Å². The Morgan fingerprint density at radius 3 is 2.71 bits per heavy atom. The molecular formula is C13H23Li. The van der Waals surface area contributed by atoms with Crippen molar-refractivity contribution in [2.75, 3.05) is 0 Å². The molecule has 0 aromatic carbocycles. The Bertz CT molecular complexity index is 191. The van der Waals surface area contributed by atoms with E-state index in [9.17, 15) is 0 Å². The summed E-state index contributed by atoms with van der Waals surface area (Å²) in [4.78, 5) is 0. The van der Waals surface area contributed by atoms with E-state index < -0.39 is 0 Å². The van der Waals surface area contributed by atoms with Crippen LogP contribution in [-0.2, 0) is 0 Å². The molecule has 0 N–H and O–H groups in total. The van der Waals surface area contributed by atoms with Gasteiger partial charge in [0, 0.05) is 0 Å². The van der Waals surface area contributed by atoms with Gasteiger partial charge in [-0.05, 0) is 18.8 Å². The van der Waals surface area contributed by atoms with Gasteiger partial charge in [-0.3, -0.25) is 0 Å². The summed E-state index contributed by atoms with van der Waals surface area (Å²) in [6, 6.07) is 0. The third-order valence-electron chi connectivity index (χ3n) is 2.76. The number of rotatable bonds is 6. The average Bonchev–Trinajstić information content (AvgIpc) is 2.57. The Labute approximate surface area is 101 Å². The third kappa shape index (κ3) is 5.73. The number of allylic oxidation sites excluding steroid dienone is 4. The fourth-order valence-corrected chi connectivity index (χ4v) is 1.94. The van der Waals surface area contributed by atoms with Gasteiger partial charge in [-0.1, -0.05) is 63.3 Å². The summed E-state index contributed by atoms with van der Waals surface area (Å²) >= 11 is 0. The van der Waals surface area contributed by atoms with E-state index in [1.165, 1.54) is 38.5 Å². The van der Waals surface area contributed by atoms with E-state index in [1.807, 2.05) is 0 Å². The van der Waals surface area contributed by atoms with Crippen LogP contribution in [0.15, 0.2) is 23.8 Å². The first kappa shape index (κ1) is 14.1. The van der Waals surface area contributed by atoms with Gasteiger partial charge in [-0.25, -0.2) is 0 Å². The first-order valence-corrected chi connectivity index (χ1v) is 5.67. The van der Waals surface area contributed by atoms with Crippen molar-refractivity contribution >= 4 is 18.9 Å². The SMILES string of the molecule is CCCCCC(C)CC1=CC=CC1.[LiH]. The molecule has 0 aliphatic heterocycles. The first-order valence-electron chi connectivity index (χ1n) is 5.67. The molecule has 76 valence electrons. The van der Waals surface area contributed by atoms with Gasteiger partial charge < -0.3 is 0 Å². The number of unbranched alkanes of at least 4 members (excludes halogenated alkanes) is 2. The molecule has 0 aromatic heterocycles. The van der Waals surface area contributed by atoms with Crippen molar-refractivity contribution in [1.29, 1.82) is 0 Å². The van der Waals surface area contributed by atoms with Gasteiger partial charge in [-0.2, -0.15) is 0 Å². The van der Waals surface area contributed by atoms with Gasteiger partial charge in [0.2, 0.25) is 0 Å². The van der Waals surface area contributed by atoms with Gasteiger partial charge in [-0.15, -0.1) is 0 Å². The molecule has 0 radical (unpaired) electrons. The van der Waals surface area contributed by atoms with Gasteiger partial charge in [0.1, 0.15) is 0 Å². The van der Waals surface area contributed by atoms with Crippen LogP contribution in [0.1, 0.15) is 52.4 Å². The zero-order valence-corrected chi connectivity index (χ0v) is 9.05. The van der Waals surface area contributed by atoms with Gasteiger partial charge >= 0.3 is 18.9 Å². The van der Waals surface area contributed by atoms with E-state index in [1.54, 1.807) is 5.57 Å². The normalized spacial score (nSPS) is 16.3. The molecule has 0 aromatic rings. The molecule has 0 amide bonds. The van der Waals surface area contributed by atoms with Crippen molar-refractivity contribution in [3.63, 3.8) is 0 Å². The quantitative estimate of drug-likeness (QED) is 0.437. The Kier molecular flexibility index (Phi) is 8.44. The van der Waals surface area contributed by atoms with Crippen molar-refractivity contribution in [3.8, 4) is 0 Å². The molecule has 0 saturated heterocycles. The fourth-order valence-electron chi connectivity index (χ4n) is 1.94. The Hall–Kier alpha value is 0.0774. The summed E-state index contributed by atoms with van der Waals surface area (Å²) in [5.41, 5.74) is 1.63. The minimum absolute atomic E-state index is 0. The van der Waals surface area contributed by atoms with Crippen LogP contribution in [0.25, 0.3) is 0 Å². The summed E-state index contributed by atoms with van der Waals surface area (Å²) in [6.45, 7) is 4.66. The van der Waals surface area contributed by atoms with Crippen LogP contribution < -0.4 is 0 Å². The van der Waals surface area contributed by atoms with Crippen molar-refractivity contribution < 1.29 is 0 Å². The van der Waals surface area contributed by atoms with Gasteiger partial charge in [0.15, 0.2) is 0 Å². The Morgan fingerprint density at radius 2 is 2.14 bits per heavy atom. The molecule has 1 rings (SSSR count). The van der Waals surface area contributed by atoms with Crippen molar-refractivity contribution in [2.45, 2.75) is 52.4 Å². The zero-order valence-electron chi connectivity index (χ0n) is 9.05. The van der Waals surface area contributed by atoms with Crippen molar-refractivity contribution in [1.82, 2.24) is 0 Å². The van der Waals surface area contributed by atoms with E-state index in [0.29, 0.717) is 0 Å². The minimum atomic E-state index is 0. The summed E-state index contributed by atoms with van der Waals surface area (Å²) in [7, 11) is 0. The molecule has 0 spiro atoms. The molecule has 0 nitrogen and oxygen atoms in total. The van der Waals surface area contributed by atoms with Crippen LogP contribution in [0.4, 0.5) is 0 Å². The van der Waals surface area contributed by atoms with Gasteiger partial charge in [0.05, 0.1) is 0 Å². The fraction of sp³-hybridized carbons (Fsp3) is 0.692. The molecule has 0 fully saturated rings. The van der Waals surface area contributed by atoms with E-state index in [2.05, 4.69) is 32.1 Å². The van der Waals surface area contributed by atoms with Gasteiger partial charge in [0.25, 0.3) is 0 Å². The third-order valence-corrected chi connectivity index (χ3v) is 2.76. The number of hydrogen-bond donors (Lipinski definition) is 0. The molecule has 0 bridgehead atoms. The molecule has 1 unspecified atom stereocenters. The maximum atomic E-state index is 2.38.